The topological polar surface area (TPSA) is 98.8 Å². The third kappa shape index (κ3) is 4.01. The summed E-state index contributed by atoms with van der Waals surface area (Å²) in [6.07, 6.45) is 7.08. The van der Waals surface area contributed by atoms with E-state index in [1.807, 2.05) is 0 Å². The fourth-order valence-corrected chi connectivity index (χ4v) is 7.12. The van der Waals surface area contributed by atoms with Gasteiger partial charge in [0.15, 0.2) is 0 Å². The number of anilines is 1. The van der Waals surface area contributed by atoms with Crippen LogP contribution in [0.4, 0.5) is 10.5 Å². The molecule has 0 bridgehead atoms. The summed E-state index contributed by atoms with van der Waals surface area (Å²) in [6.45, 7) is 4.36. The molecule has 2 aliphatic heterocycles. The zero-order valence-electron chi connectivity index (χ0n) is 18.7. The molecule has 1 aromatic rings. The summed E-state index contributed by atoms with van der Waals surface area (Å²) in [5, 5.41) is 2.35. The first-order valence-corrected chi connectivity index (χ1v) is 13.3. The lowest BCUT2D eigenvalue weighted by molar-refractivity contribution is -0.136. The van der Waals surface area contributed by atoms with Crippen molar-refractivity contribution in [3.05, 3.63) is 28.3 Å². The van der Waals surface area contributed by atoms with Crippen LogP contribution in [0.25, 0.3) is 0 Å². The van der Waals surface area contributed by atoms with Crippen molar-refractivity contribution in [3.8, 4) is 0 Å². The lowest BCUT2D eigenvalue weighted by atomic mass is 9.99. The first-order valence-electron chi connectivity index (χ1n) is 11.8. The fourth-order valence-electron chi connectivity index (χ4n) is 5.81. The molecule has 9 heteroatoms. The molecule has 0 unspecified atom stereocenters. The Labute approximate surface area is 189 Å². The molecule has 2 saturated heterocycles. The second-order valence-corrected chi connectivity index (χ2v) is 11.6. The molecule has 2 aliphatic carbocycles. The molecular weight excluding hydrogens is 428 g/mol. The van der Waals surface area contributed by atoms with Gasteiger partial charge in [-0.3, -0.25) is 9.69 Å². The van der Waals surface area contributed by atoms with Crippen LogP contribution in [0.2, 0.25) is 0 Å². The van der Waals surface area contributed by atoms with E-state index in [0.29, 0.717) is 32.0 Å². The number of carbonyl (C=O) groups is 2. The molecule has 2 fully saturated rings. The Morgan fingerprint density at radius 2 is 1.56 bits per heavy atom. The van der Waals surface area contributed by atoms with Gasteiger partial charge in [0.2, 0.25) is 15.9 Å². The van der Waals surface area contributed by atoms with E-state index in [2.05, 4.69) is 21.0 Å². The third-order valence-corrected chi connectivity index (χ3v) is 9.50. The number of carbonyl (C=O) groups excluding carboxylic acids is 2. The molecule has 5 rings (SSSR count). The standard InChI is InChI=1S/C23H32N4O4S/c1-15(28)27-13-18(14-27)26-10-8-19(9-11-26)32(30,31)25-23(29)24-22-20-6-2-4-16(20)12-17-5-3-7-21(17)22/h12,18-19H,2-11,13-14H2,1H3,(H2,24,25,29). The Kier molecular flexibility index (Phi) is 5.65. The van der Waals surface area contributed by atoms with Crippen LogP contribution in [0, 0.1) is 0 Å². The molecule has 8 nitrogen and oxygen atoms in total. The van der Waals surface area contributed by atoms with E-state index in [-0.39, 0.29) is 5.91 Å². The van der Waals surface area contributed by atoms with Gasteiger partial charge in [0.1, 0.15) is 0 Å². The van der Waals surface area contributed by atoms with Gasteiger partial charge < -0.3 is 10.2 Å². The number of likely N-dealkylation sites (tertiary alicyclic amines) is 2. The normalized spacial score (nSPS) is 21.7. The van der Waals surface area contributed by atoms with Crippen molar-refractivity contribution in [2.45, 2.75) is 69.6 Å². The number of urea groups is 1. The number of rotatable bonds is 4. The maximum atomic E-state index is 12.9. The highest BCUT2D eigenvalue weighted by Crippen LogP contribution is 2.38. The molecule has 174 valence electrons. The van der Waals surface area contributed by atoms with Crippen molar-refractivity contribution in [3.63, 3.8) is 0 Å². The fraction of sp³-hybridized carbons (Fsp3) is 0.652. The van der Waals surface area contributed by atoms with Gasteiger partial charge in [-0.05, 0) is 86.7 Å². The predicted molar refractivity (Wildman–Crippen MR) is 122 cm³/mol. The van der Waals surface area contributed by atoms with E-state index in [9.17, 15) is 18.0 Å². The smallest absolute Gasteiger partial charge is 0.332 e. The molecule has 1 aromatic carbocycles. The SMILES string of the molecule is CC(=O)N1CC(N2CCC(S(=O)(=O)NC(=O)Nc3c4c(cc5c3CCC5)CCC4)CC2)C1. The molecule has 0 saturated carbocycles. The van der Waals surface area contributed by atoms with E-state index in [4.69, 9.17) is 0 Å². The number of nitrogens with one attached hydrogen (secondary N) is 2. The van der Waals surface area contributed by atoms with Crippen LogP contribution in [0.5, 0.6) is 0 Å². The van der Waals surface area contributed by atoms with Crippen molar-refractivity contribution in [1.82, 2.24) is 14.5 Å². The molecule has 0 spiro atoms. The number of nitrogens with zero attached hydrogens (tertiary/aromatic N) is 2. The van der Waals surface area contributed by atoms with E-state index in [0.717, 1.165) is 57.3 Å². The van der Waals surface area contributed by atoms with Crippen LogP contribution in [0.3, 0.4) is 0 Å². The quantitative estimate of drug-likeness (QED) is 0.714. The first kappa shape index (κ1) is 21.7. The van der Waals surface area contributed by atoms with Crippen molar-refractivity contribution >= 4 is 27.6 Å². The third-order valence-electron chi connectivity index (χ3n) is 7.69. The monoisotopic (exact) mass is 460 g/mol. The Balaban J connectivity index is 1.19. The number of sulfonamides is 1. The highest BCUT2D eigenvalue weighted by Gasteiger charge is 2.38. The summed E-state index contributed by atoms with van der Waals surface area (Å²) >= 11 is 0. The van der Waals surface area contributed by atoms with Gasteiger partial charge in [0, 0.05) is 31.7 Å². The number of hydrogen-bond acceptors (Lipinski definition) is 5. The van der Waals surface area contributed by atoms with Gasteiger partial charge >= 0.3 is 6.03 Å². The predicted octanol–water partition coefficient (Wildman–Crippen LogP) is 1.81. The lowest BCUT2D eigenvalue weighted by Crippen LogP contribution is -2.62. The largest absolute Gasteiger partial charge is 0.340 e. The number of fused-ring (bicyclic) bond motifs is 2. The van der Waals surface area contributed by atoms with Crippen LogP contribution in [-0.4, -0.2) is 67.6 Å². The molecule has 0 atom stereocenters. The van der Waals surface area contributed by atoms with Gasteiger partial charge in [0.05, 0.1) is 5.25 Å². The number of piperidine rings is 1. The van der Waals surface area contributed by atoms with Crippen molar-refractivity contribution in [2.75, 3.05) is 31.5 Å². The molecule has 0 radical (unpaired) electrons. The number of amides is 3. The van der Waals surface area contributed by atoms with Gasteiger partial charge in [-0.1, -0.05) is 6.07 Å². The van der Waals surface area contributed by atoms with Gasteiger partial charge in [-0.15, -0.1) is 0 Å². The van der Waals surface area contributed by atoms with Gasteiger partial charge in [-0.25, -0.2) is 17.9 Å². The van der Waals surface area contributed by atoms with Crippen LogP contribution in [-0.2, 0) is 40.5 Å². The Morgan fingerprint density at radius 1 is 0.969 bits per heavy atom. The Bertz CT molecular complexity index is 1010. The van der Waals surface area contributed by atoms with E-state index < -0.39 is 21.3 Å². The highest BCUT2D eigenvalue weighted by atomic mass is 32.2. The lowest BCUT2D eigenvalue weighted by Gasteiger charge is -2.47. The zero-order valence-corrected chi connectivity index (χ0v) is 19.5. The van der Waals surface area contributed by atoms with Crippen LogP contribution >= 0.6 is 0 Å². The van der Waals surface area contributed by atoms with Crippen LogP contribution in [0.1, 0.15) is 54.9 Å². The number of benzene rings is 1. The summed E-state index contributed by atoms with van der Waals surface area (Å²) < 4.78 is 28.1. The summed E-state index contributed by atoms with van der Waals surface area (Å²) in [7, 11) is -3.75. The minimum atomic E-state index is -3.75. The second kappa shape index (κ2) is 8.33. The van der Waals surface area contributed by atoms with Crippen molar-refractivity contribution < 1.29 is 18.0 Å². The first-order chi connectivity index (χ1) is 15.3. The minimum Gasteiger partial charge on any atom is -0.340 e. The zero-order chi connectivity index (χ0) is 22.5. The average molecular weight is 461 g/mol. The maximum absolute atomic E-state index is 12.9. The molecule has 2 heterocycles. The molecule has 3 amide bonds. The second-order valence-electron chi connectivity index (χ2n) is 9.65. The van der Waals surface area contributed by atoms with Crippen LogP contribution < -0.4 is 10.0 Å². The van der Waals surface area contributed by atoms with Gasteiger partial charge in [-0.2, -0.15) is 0 Å². The van der Waals surface area contributed by atoms with E-state index >= 15 is 0 Å². The number of hydrogen-bond donors (Lipinski definition) is 2. The molecular formula is C23H32N4O4S. The molecule has 4 aliphatic rings. The number of aryl methyl sites for hydroxylation is 2. The maximum Gasteiger partial charge on any atom is 0.332 e. The summed E-state index contributed by atoms with van der Waals surface area (Å²) in [5.74, 6) is 0.0867. The Morgan fingerprint density at radius 3 is 2.12 bits per heavy atom. The summed E-state index contributed by atoms with van der Waals surface area (Å²) in [4.78, 5) is 28.2. The van der Waals surface area contributed by atoms with E-state index in [1.165, 1.54) is 22.3 Å². The van der Waals surface area contributed by atoms with Gasteiger partial charge in [0.25, 0.3) is 0 Å². The highest BCUT2D eigenvalue weighted by molar-refractivity contribution is 7.90. The molecule has 0 aromatic heterocycles. The minimum absolute atomic E-state index is 0.0867. The molecule has 32 heavy (non-hydrogen) atoms. The Hall–Kier alpha value is -2.13. The van der Waals surface area contributed by atoms with Crippen LogP contribution in [0.15, 0.2) is 6.07 Å². The molecule has 2 N–H and O–H groups in total. The van der Waals surface area contributed by atoms with E-state index in [1.54, 1.807) is 11.8 Å². The summed E-state index contributed by atoms with van der Waals surface area (Å²) in [5.41, 5.74) is 5.83. The summed E-state index contributed by atoms with van der Waals surface area (Å²) in [6, 6.07) is 1.97. The average Bonchev–Trinajstić information content (AvgIpc) is 3.35. The van der Waals surface area contributed by atoms with Crippen molar-refractivity contribution in [2.24, 2.45) is 0 Å². The van der Waals surface area contributed by atoms with Crippen molar-refractivity contribution in [1.29, 1.82) is 0 Å².